The SMILES string of the molecule is O=C(Cc1c(F)c(F)c(F)c(F)c1F)Nc1nc2c(nc1-c1ccccc1)-c1ccc(O)cc1CC2.O=C(Cc1ccc(F)c(F)c1)Nc1nc2c(nc1-c1ccccc1)-c1ccc(O)cc1CC2.O=C(Cc1ccc(I)cc1)Nc1nc2c(nc1-c1ccccc1)-c1ccc(O)cc1CC2.O=C(Nc1nc2c(nc1-c1ccccc1)-c1ccc(O)cc1CC2)c1ccccc1. The molecule has 4 aliphatic carbocycles. The van der Waals surface area contributed by atoms with Gasteiger partial charge in [0.1, 0.15) is 45.8 Å². The fourth-order valence-corrected chi connectivity index (χ4v) is 16.3. The largest absolute Gasteiger partial charge is 0.508 e. The van der Waals surface area contributed by atoms with Crippen molar-refractivity contribution >= 4 is 69.5 Å². The minimum Gasteiger partial charge on any atom is -0.508 e. The average molecular weight is 1870 g/mol. The smallest absolute Gasteiger partial charge is 0.256 e. The normalized spacial score (nSPS) is 12.1. The van der Waals surface area contributed by atoms with E-state index in [-0.39, 0.29) is 59.2 Å². The second-order valence-corrected chi connectivity index (χ2v) is 32.4. The van der Waals surface area contributed by atoms with E-state index in [2.05, 4.69) is 48.8 Å². The minimum absolute atomic E-state index is 0.0175. The van der Waals surface area contributed by atoms with Crippen molar-refractivity contribution in [2.45, 2.75) is 70.6 Å². The van der Waals surface area contributed by atoms with Gasteiger partial charge < -0.3 is 41.7 Å². The van der Waals surface area contributed by atoms with E-state index in [9.17, 15) is 70.3 Å². The maximum Gasteiger partial charge on any atom is 0.256 e. The summed E-state index contributed by atoms with van der Waals surface area (Å²) in [6.07, 6.45) is 4.25. The van der Waals surface area contributed by atoms with Gasteiger partial charge in [-0.2, -0.15) is 0 Å². The molecule has 4 amide bonds. The molecule has 0 fully saturated rings. The van der Waals surface area contributed by atoms with E-state index >= 15 is 0 Å². The zero-order valence-corrected chi connectivity index (χ0v) is 71.4. The first-order chi connectivity index (χ1) is 63.5. The van der Waals surface area contributed by atoms with Gasteiger partial charge in [0.2, 0.25) is 23.5 Å². The highest BCUT2D eigenvalue weighted by Gasteiger charge is 2.32. The molecule has 0 aliphatic heterocycles. The number of hydrogen-bond acceptors (Lipinski definition) is 16. The number of anilines is 4. The molecule has 650 valence electrons. The summed E-state index contributed by atoms with van der Waals surface area (Å²) in [4.78, 5) is 89.5. The van der Waals surface area contributed by atoms with Gasteiger partial charge in [0.25, 0.3) is 5.91 Å². The first-order valence-corrected chi connectivity index (χ1v) is 42.6. The lowest BCUT2D eigenvalue weighted by Gasteiger charge is -2.21. The Morgan fingerprint density at radius 1 is 0.282 bits per heavy atom. The van der Waals surface area contributed by atoms with Crippen molar-refractivity contribution in [3.63, 3.8) is 0 Å². The van der Waals surface area contributed by atoms with Gasteiger partial charge in [-0.05, 0) is 217 Å². The summed E-state index contributed by atoms with van der Waals surface area (Å²) < 4.78 is 96.5. The number of aryl methyl sites for hydroxylation is 8. The number of rotatable bonds is 15. The lowest BCUT2D eigenvalue weighted by molar-refractivity contribution is -0.116. The van der Waals surface area contributed by atoms with Crippen LogP contribution in [0.15, 0.2) is 267 Å². The topological polar surface area (TPSA) is 300 Å². The molecule has 0 bridgehead atoms. The van der Waals surface area contributed by atoms with Crippen LogP contribution in [0.5, 0.6) is 23.0 Å². The standard InChI is InChI=1S/C26H16F5N3O2.C26H19F2N3O2.C26H20IN3O2.C25H19N3O2/c27-19-16(20(28)22(30)23(31)21(19)29)11-18(36)33-26-24(12-4-2-1-3-5-12)34-25-15-8-7-14(35)10-13(15)6-9-17(25)32-26;27-20-10-6-15(12-21(20)28)13-23(33)30-26-24(16-4-2-1-3-5-16)31-25-19-9-8-18(32)14-17(19)7-11-22(25)29-26;27-19-9-6-16(7-10-19)14-23(32)29-26-24(17-4-2-1-3-5-17)30-25-21-12-11-20(31)15-18(21)8-13-22(25)28-26;29-19-12-13-20-18(15-19)11-14-21-23(20)27-22(16-7-3-1-4-8-16)24(26-21)28-25(30)17-9-5-2-6-10-17/h1-5,7-8,10,35H,6,9,11H2,(H,32,33,36);1-6,8-10,12,14,32H,7,11,13H2,(H,29,30,33);1-7,9-12,15,31H,8,13-14H2,(H,28,29,32);1-10,12-13,15,29H,11,14H2,(H,26,28,30). The highest BCUT2D eigenvalue weighted by molar-refractivity contribution is 14.1. The molecule has 0 atom stereocenters. The van der Waals surface area contributed by atoms with Crippen molar-refractivity contribution in [1.29, 1.82) is 0 Å². The molecular formula is C103H74F7IN12O8. The Morgan fingerprint density at radius 3 is 0.901 bits per heavy atom. The number of aromatic hydroxyl groups is 4. The number of aromatic nitrogens is 8. The summed E-state index contributed by atoms with van der Waals surface area (Å²) in [5.41, 5.74) is 19.2. The Kier molecular flexibility index (Phi) is 25.6. The molecule has 20 rings (SSSR count). The number of hydrogen-bond donors (Lipinski definition) is 8. The summed E-state index contributed by atoms with van der Waals surface area (Å²) in [7, 11) is 0. The lowest BCUT2D eigenvalue weighted by atomic mass is 9.91. The fourth-order valence-electron chi connectivity index (χ4n) is 15.9. The summed E-state index contributed by atoms with van der Waals surface area (Å²) in [6, 6.07) is 78.7. The van der Waals surface area contributed by atoms with Gasteiger partial charge in [0, 0.05) is 59.2 Å². The number of carbonyl (C=O) groups excluding carboxylic acids is 4. The molecule has 4 heterocycles. The van der Waals surface area contributed by atoms with E-state index in [0.717, 1.165) is 124 Å². The third-order valence-corrected chi connectivity index (χ3v) is 23.0. The molecule has 4 aromatic heterocycles. The number of amides is 4. The van der Waals surface area contributed by atoms with Crippen LogP contribution in [0, 0.1) is 44.3 Å². The first kappa shape index (κ1) is 87.4. The average Bonchev–Trinajstić information content (AvgIpc) is 0.584. The molecule has 28 heteroatoms. The highest BCUT2D eigenvalue weighted by Crippen LogP contribution is 2.43. The van der Waals surface area contributed by atoms with E-state index in [1.165, 1.54) is 12.1 Å². The van der Waals surface area contributed by atoms with Gasteiger partial charge in [0.05, 0.1) is 64.8 Å². The van der Waals surface area contributed by atoms with E-state index in [0.29, 0.717) is 107 Å². The van der Waals surface area contributed by atoms with Crippen LogP contribution in [0.1, 0.15) is 72.1 Å². The third-order valence-electron chi connectivity index (χ3n) is 22.3. The number of nitrogens with one attached hydrogen (secondary N) is 4. The Bertz CT molecular complexity index is 7110. The van der Waals surface area contributed by atoms with E-state index in [4.69, 9.17) is 34.9 Å². The number of benzene rings is 12. The molecule has 131 heavy (non-hydrogen) atoms. The van der Waals surface area contributed by atoms with Crippen LogP contribution in [0.25, 0.3) is 90.1 Å². The maximum absolute atomic E-state index is 14.1. The van der Waals surface area contributed by atoms with Crippen molar-refractivity contribution < 1.29 is 70.3 Å². The quantitative estimate of drug-likeness (QED) is 0.0205. The maximum atomic E-state index is 14.1. The van der Waals surface area contributed by atoms with Crippen molar-refractivity contribution in [3.8, 4) is 113 Å². The molecular weight excluding hydrogens is 1790 g/mol. The Balaban J connectivity index is 0.000000122. The molecule has 0 spiro atoms. The number of fused-ring (bicyclic) bond motifs is 12. The Morgan fingerprint density at radius 2 is 0.573 bits per heavy atom. The summed E-state index contributed by atoms with van der Waals surface area (Å²) >= 11 is 2.25. The van der Waals surface area contributed by atoms with Gasteiger partial charge in [-0.15, -0.1) is 0 Å². The summed E-state index contributed by atoms with van der Waals surface area (Å²) in [6.45, 7) is 0. The van der Waals surface area contributed by atoms with Gasteiger partial charge in [0.15, 0.2) is 58.2 Å². The predicted molar refractivity (Wildman–Crippen MR) is 491 cm³/mol. The number of phenolic OH excluding ortho intramolecular Hbond substituents is 4. The van der Waals surface area contributed by atoms with Crippen LogP contribution in [-0.4, -0.2) is 83.9 Å². The van der Waals surface area contributed by atoms with Gasteiger partial charge in [-0.25, -0.2) is 70.6 Å². The van der Waals surface area contributed by atoms with Gasteiger partial charge in [-0.1, -0.05) is 158 Å². The molecule has 16 aromatic rings. The molecule has 0 saturated heterocycles. The molecule has 8 N–H and O–H groups in total. The monoisotopic (exact) mass is 1870 g/mol. The van der Waals surface area contributed by atoms with E-state index in [1.54, 1.807) is 91.0 Å². The zero-order valence-electron chi connectivity index (χ0n) is 69.2. The van der Waals surface area contributed by atoms with Gasteiger partial charge >= 0.3 is 0 Å². The number of carbonyl (C=O) groups is 4. The fraction of sp³-hybridized carbons (Fsp3) is 0.107. The van der Waals surface area contributed by atoms with Crippen molar-refractivity contribution in [3.05, 3.63) is 378 Å². The van der Waals surface area contributed by atoms with Crippen molar-refractivity contribution in [1.82, 2.24) is 39.9 Å². The number of phenols is 4. The Hall–Kier alpha value is -15.7. The van der Waals surface area contributed by atoms with Crippen LogP contribution in [0.3, 0.4) is 0 Å². The van der Waals surface area contributed by atoms with Crippen LogP contribution >= 0.6 is 22.6 Å². The second-order valence-electron chi connectivity index (χ2n) is 31.1. The molecule has 12 aromatic carbocycles. The number of halogens is 8. The predicted octanol–water partition coefficient (Wildman–Crippen LogP) is 20.8. The highest BCUT2D eigenvalue weighted by atomic mass is 127. The van der Waals surface area contributed by atoms with Gasteiger partial charge in [-0.3, -0.25) is 19.2 Å². The first-order valence-electron chi connectivity index (χ1n) is 41.6. The number of nitrogens with zero attached hydrogens (tertiary/aromatic N) is 8. The molecule has 0 unspecified atom stereocenters. The van der Waals surface area contributed by atoms with Crippen LogP contribution in [0.4, 0.5) is 54.0 Å². The van der Waals surface area contributed by atoms with E-state index < -0.39 is 64.5 Å². The molecule has 4 aliphatic rings. The lowest BCUT2D eigenvalue weighted by Crippen LogP contribution is -2.21. The van der Waals surface area contributed by atoms with Crippen molar-refractivity contribution in [2.24, 2.45) is 0 Å². The van der Waals surface area contributed by atoms with Crippen LogP contribution in [-0.2, 0) is 85.0 Å². The summed E-state index contributed by atoms with van der Waals surface area (Å²) in [5, 5.41) is 50.5. The minimum atomic E-state index is -2.30. The summed E-state index contributed by atoms with van der Waals surface area (Å²) in [5.74, 6) is -12.4. The van der Waals surface area contributed by atoms with Crippen LogP contribution in [0.2, 0.25) is 0 Å². The van der Waals surface area contributed by atoms with Crippen LogP contribution < -0.4 is 21.3 Å². The van der Waals surface area contributed by atoms with Crippen molar-refractivity contribution in [2.75, 3.05) is 21.3 Å². The second kappa shape index (κ2) is 38.5. The molecule has 0 radical (unpaired) electrons. The Labute approximate surface area is 758 Å². The zero-order chi connectivity index (χ0) is 91.1. The van der Waals surface area contributed by atoms with E-state index in [1.807, 2.05) is 152 Å². The molecule has 0 saturated carbocycles. The third kappa shape index (κ3) is 19.6. The molecule has 20 nitrogen and oxygen atoms in total.